The Labute approximate surface area is 116 Å². The molecule has 0 aromatic heterocycles. The Morgan fingerprint density at radius 3 is 2.47 bits per heavy atom. The molecular weight excluding hydrogens is 242 g/mol. The lowest BCUT2D eigenvalue weighted by Crippen LogP contribution is -2.37. The van der Waals surface area contributed by atoms with Crippen molar-refractivity contribution in [1.82, 2.24) is 0 Å². The van der Waals surface area contributed by atoms with Gasteiger partial charge in [-0.2, -0.15) is 5.26 Å². The molecule has 1 aliphatic carbocycles. The summed E-state index contributed by atoms with van der Waals surface area (Å²) in [5.41, 5.74) is -0.231. The summed E-state index contributed by atoms with van der Waals surface area (Å²) in [5, 5.41) is 8.94. The Bertz CT molecular complexity index is 319. The van der Waals surface area contributed by atoms with Crippen molar-refractivity contribution < 1.29 is 14.2 Å². The molecule has 0 radical (unpaired) electrons. The Balaban J connectivity index is 1.60. The zero-order chi connectivity index (χ0) is 13.8. The summed E-state index contributed by atoms with van der Waals surface area (Å²) in [4.78, 5) is 0. The molecule has 0 bridgehead atoms. The molecule has 19 heavy (non-hydrogen) atoms. The monoisotopic (exact) mass is 267 g/mol. The molecule has 2 aliphatic rings. The van der Waals surface area contributed by atoms with Crippen molar-refractivity contribution in [2.75, 3.05) is 19.8 Å². The zero-order valence-electron chi connectivity index (χ0n) is 12.1. The highest BCUT2D eigenvalue weighted by atomic mass is 16.7. The van der Waals surface area contributed by atoms with Crippen LogP contribution in [0.2, 0.25) is 0 Å². The van der Waals surface area contributed by atoms with Crippen LogP contribution in [0.1, 0.15) is 52.4 Å². The first-order chi connectivity index (χ1) is 9.05. The van der Waals surface area contributed by atoms with E-state index >= 15 is 0 Å². The van der Waals surface area contributed by atoms with E-state index in [-0.39, 0.29) is 11.2 Å². The average Bonchev–Trinajstić information content (AvgIpc) is 2.85. The van der Waals surface area contributed by atoms with Crippen LogP contribution in [0.15, 0.2) is 0 Å². The van der Waals surface area contributed by atoms with Gasteiger partial charge in [0.05, 0.1) is 30.8 Å². The number of hydrogen-bond acceptors (Lipinski definition) is 4. The molecule has 108 valence electrons. The second kappa shape index (κ2) is 6.21. The van der Waals surface area contributed by atoms with Crippen LogP contribution >= 0.6 is 0 Å². The minimum absolute atomic E-state index is 0.231. The van der Waals surface area contributed by atoms with Gasteiger partial charge in [-0.3, -0.25) is 0 Å². The van der Waals surface area contributed by atoms with Gasteiger partial charge in [0.25, 0.3) is 0 Å². The molecule has 2 fully saturated rings. The molecule has 0 N–H and O–H groups in total. The summed E-state index contributed by atoms with van der Waals surface area (Å²) < 4.78 is 17.3. The number of nitriles is 1. The molecule has 1 spiro atoms. The average molecular weight is 267 g/mol. The molecule has 0 atom stereocenters. The SMILES string of the molecule is CC(C)(C#N)CCCOC1CCC2(CC1)OCCO2. The quantitative estimate of drug-likeness (QED) is 0.718. The van der Waals surface area contributed by atoms with Gasteiger partial charge in [-0.25, -0.2) is 0 Å². The summed E-state index contributed by atoms with van der Waals surface area (Å²) in [6.07, 6.45) is 6.11. The molecule has 0 unspecified atom stereocenters. The minimum Gasteiger partial charge on any atom is -0.378 e. The van der Waals surface area contributed by atoms with E-state index < -0.39 is 0 Å². The molecule has 1 saturated carbocycles. The van der Waals surface area contributed by atoms with Gasteiger partial charge in [0.2, 0.25) is 0 Å². The molecule has 0 aromatic rings. The van der Waals surface area contributed by atoms with Gasteiger partial charge in [0.15, 0.2) is 5.79 Å². The summed E-state index contributed by atoms with van der Waals surface area (Å²) in [6, 6.07) is 2.32. The zero-order valence-corrected chi connectivity index (χ0v) is 12.1. The highest BCUT2D eigenvalue weighted by Gasteiger charge is 2.40. The van der Waals surface area contributed by atoms with Crippen LogP contribution in [-0.2, 0) is 14.2 Å². The summed E-state index contributed by atoms with van der Waals surface area (Å²) in [6.45, 7) is 6.17. The molecule has 2 rings (SSSR count). The van der Waals surface area contributed by atoms with E-state index in [2.05, 4.69) is 6.07 Å². The van der Waals surface area contributed by atoms with E-state index in [1.807, 2.05) is 13.8 Å². The Kier molecular flexibility index (Phi) is 4.83. The molecule has 4 heteroatoms. The van der Waals surface area contributed by atoms with Crippen LogP contribution in [0.25, 0.3) is 0 Å². The van der Waals surface area contributed by atoms with E-state index in [4.69, 9.17) is 19.5 Å². The van der Waals surface area contributed by atoms with Crippen molar-refractivity contribution in [2.45, 2.75) is 64.3 Å². The first-order valence-electron chi connectivity index (χ1n) is 7.36. The van der Waals surface area contributed by atoms with E-state index in [0.717, 1.165) is 58.3 Å². The lowest BCUT2D eigenvalue weighted by Gasteiger charge is -2.35. The van der Waals surface area contributed by atoms with Crippen LogP contribution in [0.3, 0.4) is 0 Å². The van der Waals surface area contributed by atoms with E-state index in [1.165, 1.54) is 0 Å². The standard InChI is InChI=1S/C15H25NO3/c1-14(2,12-16)6-3-9-17-13-4-7-15(8-5-13)18-10-11-19-15/h13H,3-11H2,1-2H3. The van der Waals surface area contributed by atoms with Crippen molar-refractivity contribution in [2.24, 2.45) is 5.41 Å². The van der Waals surface area contributed by atoms with Crippen LogP contribution in [0, 0.1) is 16.7 Å². The Morgan fingerprint density at radius 1 is 1.26 bits per heavy atom. The number of nitrogens with zero attached hydrogens (tertiary/aromatic N) is 1. The molecule has 1 heterocycles. The Morgan fingerprint density at radius 2 is 1.89 bits per heavy atom. The lowest BCUT2D eigenvalue weighted by molar-refractivity contribution is -0.191. The predicted molar refractivity (Wildman–Crippen MR) is 71.5 cm³/mol. The van der Waals surface area contributed by atoms with Crippen LogP contribution in [0.4, 0.5) is 0 Å². The third-order valence-electron chi connectivity index (χ3n) is 4.11. The van der Waals surface area contributed by atoms with Crippen molar-refractivity contribution in [3.8, 4) is 6.07 Å². The largest absolute Gasteiger partial charge is 0.378 e. The van der Waals surface area contributed by atoms with Gasteiger partial charge in [-0.15, -0.1) is 0 Å². The molecular formula is C15H25NO3. The van der Waals surface area contributed by atoms with Crippen molar-refractivity contribution in [3.05, 3.63) is 0 Å². The first-order valence-corrected chi connectivity index (χ1v) is 7.36. The molecule has 1 saturated heterocycles. The van der Waals surface area contributed by atoms with Crippen molar-refractivity contribution in [3.63, 3.8) is 0 Å². The van der Waals surface area contributed by atoms with Gasteiger partial charge in [-0.1, -0.05) is 0 Å². The van der Waals surface area contributed by atoms with Crippen LogP contribution in [-0.4, -0.2) is 31.7 Å². The van der Waals surface area contributed by atoms with Gasteiger partial charge >= 0.3 is 0 Å². The van der Waals surface area contributed by atoms with Gasteiger partial charge in [-0.05, 0) is 39.5 Å². The maximum absolute atomic E-state index is 8.94. The van der Waals surface area contributed by atoms with Crippen molar-refractivity contribution >= 4 is 0 Å². The lowest BCUT2D eigenvalue weighted by atomic mass is 9.90. The topological polar surface area (TPSA) is 51.5 Å². The summed E-state index contributed by atoms with van der Waals surface area (Å²) >= 11 is 0. The van der Waals surface area contributed by atoms with E-state index in [1.54, 1.807) is 0 Å². The maximum atomic E-state index is 8.94. The van der Waals surface area contributed by atoms with Crippen LogP contribution in [0.5, 0.6) is 0 Å². The highest BCUT2D eigenvalue weighted by molar-refractivity contribution is 4.91. The highest BCUT2D eigenvalue weighted by Crippen LogP contribution is 2.36. The van der Waals surface area contributed by atoms with E-state index in [0.29, 0.717) is 6.10 Å². The second-order valence-corrected chi connectivity index (χ2v) is 6.28. The second-order valence-electron chi connectivity index (χ2n) is 6.28. The summed E-state index contributed by atoms with van der Waals surface area (Å²) in [5.74, 6) is -0.289. The fraction of sp³-hybridized carbons (Fsp3) is 0.933. The molecule has 1 aliphatic heterocycles. The van der Waals surface area contributed by atoms with Crippen LogP contribution < -0.4 is 0 Å². The summed E-state index contributed by atoms with van der Waals surface area (Å²) in [7, 11) is 0. The van der Waals surface area contributed by atoms with Gasteiger partial charge < -0.3 is 14.2 Å². The third-order valence-corrected chi connectivity index (χ3v) is 4.11. The van der Waals surface area contributed by atoms with E-state index in [9.17, 15) is 0 Å². The number of ether oxygens (including phenoxy) is 3. The Hall–Kier alpha value is -0.630. The molecule has 0 amide bonds. The minimum atomic E-state index is -0.289. The fourth-order valence-electron chi connectivity index (χ4n) is 2.80. The molecule has 0 aromatic carbocycles. The fourth-order valence-corrected chi connectivity index (χ4v) is 2.80. The van der Waals surface area contributed by atoms with Gasteiger partial charge in [0.1, 0.15) is 0 Å². The number of rotatable bonds is 5. The normalized spacial score (nSPS) is 23.6. The third kappa shape index (κ3) is 4.17. The number of hydrogen-bond donors (Lipinski definition) is 0. The first kappa shape index (κ1) is 14.8. The van der Waals surface area contributed by atoms with Crippen molar-refractivity contribution in [1.29, 1.82) is 5.26 Å². The molecule has 4 nitrogen and oxygen atoms in total. The predicted octanol–water partition coefficient (Wildman–Crippen LogP) is 3.02. The maximum Gasteiger partial charge on any atom is 0.168 e. The van der Waals surface area contributed by atoms with Gasteiger partial charge in [0, 0.05) is 19.4 Å². The smallest absolute Gasteiger partial charge is 0.168 e.